The average molecular weight is 437 g/mol. The van der Waals surface area contributed by atoms with Crippen LogP contribution in [-0.4, -0.2) is 33.8 Å². The lowest BCUT2D eigenvalue weighted by Crippen LogP contribution is -2.28. The first kappa shape index (κ1) is 20.8. The lowest BCUT2D eigenvalue weighted by molar-refractivity contribution is -0.385. The maximum atomic E-state index is 13.0. The number of pyridine rings is 1. The fraction of sp³-hybridized carbons (Fsp3) is 0.217. The summed E-state index contributed by atoms with van der Waals surface area (Å²) in [5.41, 5.74) is 2.12. The minimum Gasteiger partial charge on any atom is -0.373 e. The highest BCUT2D eigenvalue weighted by molar-refractivity contribution is 6.30. The molecule has 4 rings (SSSR count). The van der Waals surface area contributed by atoms with Crippen LogP contribution in [-0.2, 0) is 0 Å². The Kier molecular flexibility index (Phi) is 6.13. The van der Waals surface area contributed by atoms with Gasteiger partial charge in [0.15, 0.2) is 0 Å². The highest BCUT2D eigenvalue weighted by Gasteiger charge is 2.27. The van der Waals surface area contributed by atoms with Crippen molar-refractivity contribution in [2.75, 3.05) is 18.4 Å². The lowest BCUT2D eigenvalue weighted by atomic mass is 10.0. The average Bonchev–Trinajstić information content (AvgIpc) is 3.32. The molecule has 1 aliphatic rings. The van der Waals surface area contributed by atoms with E-state index in [2.05, 4.69) is 10.3 Å². The predicted octanol–water partition coefficient (Wildman–Crippen LogP) is 5.08. The van der Waals surface area contributed by atoms with Crippen LogP contribution in [0.1, 0.15) is 40.5 Å². The number of amides is 1. The maximum absolute atomic E-state index is 13.0. The van der Waals surface area contributed by atoms with Crippen LogP contribution in [0.15, 0.2) is 66.9 Å². The third kappa shape index (κ3) is 4.67. The maximum Gasteiger partial charge on any atom is 0.282 e. The van der Waals surface area contributed by atoms with E-state index >= 15 is 0 Å². The SMILES string of the molecule is O=C(c1cc(NC(c2cccc(Cl)c2)c2ccccn2)ccc1[N+](=O)[O-])N1CCCC1. The van der Waals surface area contributed by atoms with E-state index in [1.165, 1.54) is 6.07 Å². The van der Waals surface area contributed by atoms with E-state index in [9.17, 15) is 14.9 Å². The van der Waals surface area contributed by atoms with Crippen molar-refractivity contribution in [3.05, 3.63) is 98.8 Å². The number of carbonyl (C=O) groups is 1. The zero-order valence-electron chi connectivity index (χ0n) is 16.7. The molecule has 1 aromatic heterocycles. The van der Waals surface area contributed by atoms with Crippen molar-refractivity contribution < 1.29 is 9.72 Å². The Labute approximate surface area is 184 Å². The largest absolute Gasteiger partial charge is 0.373 e. The van der Waals surface area contributed by atoms with Gasteiger partial charge in [0, 0.05) is 36.1 Å². The number of anilines is 1. The molecule has 1 fully saturated rings. The molecule has 0 bridgehead atoms. The van der Waals surface area contributed by atoms with Crippen molar-refractivity contribution in [2.24, 2.45) is 0 Å². The molecule has 3 aromatic rings. The van der Waals surface area contributed by atoms with Crippen molar-refractivity contribution in [1.82, 2.24) is 9.88 Å². The van der Waals surface area contributed by atoms with Gasteiger partial charge in [-0.25, -0.2) is 0 Å². The molecule has 158 valence electrons. The van der Waals surface area contributed by atoms with Gasteiger partial charge in [-0.15, -0.1) is 0 Å². The van der Waals surface area contributed by atoms with Crippen LogP contribution in [0.2, 0.25) is 5.02 Å². The Bertz CT molecular complexity index is 1100. The van der Waals surface area contributed by atoms with Gasteiger partial charge in [0.2, 0.25) is 0 Å². The van der Waals surface area contributed by atoms with Gasteiger partial charge in [0.25, 0.3) is 11.6 Å². The molecule has 1 aliphatic heterocycles. The number of nitrogens with zero attached hydrogens (tertiary/aromatic N) is 3. The molecular formula is C23H21ClN4O3. The number of halogens is 1. The molecule has 8 heteroatoms. The highest BCUT2D eigenvalue weighted by Crippen LogP contribution is 2.31. The monoisotopic (exact) mass is 436 g/mol. The van der Waals surface area contributed by atoms with Crippen LogP contribution >= 0.6 is 11.6 Å². The summed E-state index contributed by atoms with van der Waals surface area (Å²) in [6, 6.07) is 17.2. The second-order valence-electron chi connectivity index (χ2n) is 7.38. The Morgan fingerprint density at radius 1 is 1.10 bits per heavy atom. The van der Waals surface area contributed by atoms with Crippen LogP contribution < -0.4 is 5.32 Å². The normalized spacial score (nSPS) is 14.3. The summed E-state index contributed by atoms with van der Waals surface area (Å²) in [6.45, 7) is 1.24. The van der Waals surface area contributed by atoms with Gasteiger partial charge < -0.3 is 10.2 Å². The van der Waals surface area contributed by atoms with E-state index in [4.69, 9.17) is 11.6 Å². The van der Waals surface area contributed by atoms with E-state index in [0.717, 1.165) is 24.1 Å². The molecule has 1 atom stereocenters. The van der Waals surface area contributed by atoms with E-state index < -0.39 is 4.92 Å². The van der Waals surface area contributed by atoms with Crippen LogP contribution in [0.25, 0.3) is 0 Å². The summed E-state index contributed by atoms with van der Waals surface area (Å²) in [5, 5.41) is 15.5. The Balaban J connectivity index is 1.72. The third-order valence-corrected chi connectivity index (χ3v) is 5.53. The summed E-state index contributed by atoms with van der Waals surface area (Å²) in [7, 11) is 0. The summed E-state index contributed by atoms with van der Waals surface area (Å²) < 4.78 is 0. The molecule has 1 saturated heterocycles. The number of nitro benzene ring substituents is 1. The minimum absolute atomic E-state index is 0.0859. The molecule has 2 heterocycles. The molecule has 0 spiro atoms. The van der Waals surface area contributed by atoms with Crippen molar-refractivity contribution >= 4 is 28.9 Å². The molecule has 0 saturated carbocycles. The molecule has 7 nitrogen and oxygen atoms in total. The van der Waals surface area contributed by atoms with Gasteiger partial charge in [-0.2, -0.15) is 0 Å². The second kappa shape index (κ2) is 9.14. The van der Waals surface area contributed by atoms with Crippen LogP contribution in [0, 0.1) is 10.1 Å². The van der Waals surface area contributed by atoms with Gasteiger partial charge in [-0.05, 0) is 54.8 Å². The topological polar surface area (TPSA) is 88.4 Å². The van der Waals surface area contributed by atoms with Crippen LogP contribution in [0.5, 0.6) is 0 Å². The molecule has 0 aliphatic carbocycles. The number of rotatable bonds is 6. The third-order valence-electron chi connectivity index (χ3n) is 5.29. The van der Waals surface area contributed by atoms with Gasteiger partial charge in [-0.3, -0.25) is 19.9 Å². The Hall–Kier alpha value is -3.45. The summed E-state index contributed by atoms with van der Waals surface area (Å²) in [5.74, 6) is -0.315. The van der Waals surface area contributed by atoms with Gasteiger partial charge in [0.05, 0.1) is 16.7 Å². The smallest absolute Gasteiger partial charge is 0.282 e. The molecule has 2 aromatic carbocycles. The van der Waals surface area contributed by atoms with E-state index in [1.54, 1.807) is 29.3 Å². The van der Waals surface area contributed by atoms with Crippen molar-refractivity contribution in [3.8, 4) is 0 Å². The molecule has 31 heavy (non-hydrogen) atoms. The zero-order chi connectivity index (χ0) is 21.8. The minimum atomic E-state index is -0.514. The van der Waals surface area contributed by atoms with E-state index in [0.29, 0.717) is 23.8 Å². The number of hydrogen-bond donors (Lipinski definition) is 1. The zero-order valence-corrected chi connectivity index (χ0v) is 17.5. The summed E-state index contributed by atoms with van der Waals surface area (Å²) in [4.78, 5) is 30.1. The van der Waals surface area contributed by atoms with Crippen LogP contribution in [0.3, 0.4) is 0 Å². The number of benzene rings is 2. The number of nitro groups is 1. The lowest BCUT2D eigenvalue weighted by Gasteiger charge is -2.21. The van der Waals surface area contributed by atoms with E-state index in [1.807, 2.05) is 36.4 Å². The first-order chi connectivity index (χ1) is 15.0. The quantitative estimate of drug-likeness (QED) is 0.430. The number of nitrogens with one attached hydrogen (secondary N) is 1. The standard InChI is InChI=1S/C23H21ClN4O3/c24-17-7-5-6-16(14-17)22(20-8-1-2-11-25-20)26-18-9-10-21(28(30)31)19(15-18)23(29)27-12-3-4-13-27/h1-2,5-11,14-15,22,26H,3-4,12-13H2. The first-order valence-corrected chi connectivity index (χ1v) is 10.4. The van der Waals surface area contributed by atoms with Gasteiger partial charge in [0.1, 0.15) is 5.56 Å². The van der Waals surface area contributed by atoms with Crippen molar-refractivity contribution in [1.29, 1.82) is 0 Å². The molecule has 1 amide bonds. The molecule has 0 radical (unpaired) electrons. The number of carbonyl (C=O) groups excluding carboxylic acids is 1. The Morgan fingerprint density at radius 2 is 1.90 bits per heavy atom. The molecule has 1 N–H and O–H groups in total. The number of hydrogen-bond acceptors (Lipinski definition) is 5. The van der Waals surface area contributed by atoms with Crippen molar-refractivity contribution in [2.45, 2.75) is 18.9 Å². The summed E-state index contributed by atoms with van der Waals surface area (Å²) in [6.07, 6.45) is 3.52. The predicted molar refractivity (Wildman–Crippen MR) is 119 cm³/mol. The van der Waals surface area contributed by atoms with Gasteiger partial charge >= 0.3 is 0 Å². The van der Waals surface area contributed by atoms with Crippen molar-refractivity contribution in [3.63, 3.8) is 0 Å². The molecule has 1 unspecified atom stereocenters. The second-order valence-corrected chi connectivity index (χ2v) is 7.81. The Morgan fingerprint density at radius 3 is 2.58 bits per heavy atom. The van der Waals surface area contributed by atoms with Crippen LogP contribution in [0.4, 0.5) is 11.4 Å². The fourth-order valence-electron chi connectivity index (χ4n) is 3.77. The first-order valence-electron chi connectivity index (χ1n) is 10.0. The highest BCUT2D eigenvalue weighted by atomic mass is 35.5. The van der Waals surface area contributed by atoms with E-state index in [-0.39, 0.29) is 23.2 Å². The molecular weight excluding hydrogens is 416 g/mol. The summed E-state index contributed by atoms with van der Waals surface area (Å²) >= 11 is 6.20. The number of aromatic nitrogens is 1. The number of likely N-dealkylation sites (tertiary alicyclic amines) is 1. The fourth-order valence-corrected chi connectivity index (χ4v) is 3.97. The van der Waals surface area contributed by atoms with Gasteiger partial charge in [-0.1, -0.05) is 29.8 Å².